The van der Waals surface area contributed by atoms with E-state index in [9.17, 15) is 4.79 Å². The minimum Gasteiger partial charge on any atom is -0.342 e. The standard InChI is InChI=1S/C16H24N2OS/c19-16(17-9-3-1-2-4-10-17)13-18(14-7-8-14)12-15-6-5-11-20-15/h5-6,11,14H,1-4,7-10,12-13H2. The van der Waals surface area contributed by atoms with Gasteiger partial charge in [-0.25, -0.2) is 0 Å². The molecule has 2 aliphatic rings. The Morgan fingerprint density at radius 3 is 2.60 bits per heavy atom. The van der Waals surface area contributed by atoms with Crippen LogP contribution in [-0.2, 0) is 11.3 Å². The molecule has 1 amide bonds. The van der Waals surface area contributed by atoms with Crippen molar-refractivity contribution in [1.29, 1.82) is 0 Å². The second-order valence-electron chi connectivity index (χ2n) is 6.01. The van der Waals surface area contributed by atoms with E-state index in [1.54, 1.807) is 11.3 Å². The normalized spacial score (nSPS) is 20.1. The molecule has 0 atom stereocenters. The van der Waals surface area contributed by atoms with Crippen LogP contribution in [0.2, 0.25) is 0 Å². The minimum absolute atomic E-state index is 0.343. The zero-order chi connectivity index (χ0) is 13.8. The maximum atomic E-state index is 12.5. The van der Waals surface area contributed by atoms with Gasteiger partial charge < -0.3 is 4.90 Å². The Kier molecular flexibility index (Phi) is 4.73. The molecular formula is C16H24N2OS. The second-order valence-corrected chi connectivity index (χ2v) is 7.04. The average molecular weight is 292 g/mol. The summed E-state index contributed by atoms with van der Waals surface area (Å²) in [5.74, 6) is 0.343. The van der Waals surface area contributed by atoms with E-state index in [0.717, 1.165) is 19.6 Å². The van der Waals surface area contributed by atoms with Crippen molar-refractivity contribution in [2.45, 2.75) is 51.1 Å². The van der Waals surface area contributed by atoms with Gasteiger partial charge in [0.2, 0.25) is 5.91 Å². The zero-order valence-electron chi connectivity index (χ0n) is 12.1. The van der Waals surface area contributed by atoms with Gasteiger partial charge in [0.25, 0.3) is 0 Å². The number of rotatable bonds is 5. The molecule has 0 spiro atoms. The molecule has 0 aromatic carbocycles. The van der Waals surface area contributed by atoms with Gasteiger partial charge in [0.15, 0.2) is 0 Å². The molecule has 3 nitrogen and oxygen atoms in total. The highest BCUT2D eigenvalue weighted by Crippen LogP contribution is 2.29. The van der Waals surface area contributed by atoms with Gasteiger partial charge in [-0.15, -0.1) is 11.3 Å². The number of carbonyl (C=O) groups excluding carboxylic acids is 1. The number of carbonyl (C=O) groups is 1. The van der Waals surface area contributed by atoms with Gasteiger partial charge in [0.05, 0.1) is 6.54 Å². The first kappa shape index (κ1) is 14.1. The molecule has 0 radical (unpaired) electrons. The lowest BCUT2D eigenvalue weighted by molar-refractivity contribution is -0.132. The topological polar surface area (TPSA) is 23.6 Å². The Balaban J connectivity index is 1.56. The molecular weight excluding hydrogens is 268 g/mol. The van der Waals surface area contributed by atoms with Gasteiger partial charge in [-0.3, -0.25) is 9.69 Å². The van der Waals surface area contributed by atoms with E-state index in [4.69, 9.17) is 0 Å². The van der Waals surface area contributed by atoms with Gasteiger partial charge in [-0.2, -0.15) is 0 Å². The third-order valence-electron chi connectivity index (χ3n) is 4.30. The zero-order valence-corrected chi connectivity index (χ0v) is 12.9. The van der Waals surface area contributed by atoms with Gasteiger partial charge in [0.1, 0.15) is 0 Å². The first-order chi connectivity index (χ1) is 9.83. The largest absolute Gasteiger partial charge is 0.342 e. The van der Waals surface area contributed by atoms with Crippen LogP contribution in [0, 0.1) is 0 Å². The van der Waals surface area contributed by atoms with Gasteiger partial charge in [-0.05, 0) is 37.1 Å². The van der Waals surface area contributed by atoms with Crippen LogP contribution in [0.1, 0.15) is 43.4 Å². The summed E-state index contributed by atoms with van der Waals surface area (Å²) in [4.78, 5) is 18.4. The van der Waals surface area contributed by atoms with E-state index >= 15 is 0 Å². The Bertz CT molecular complexity index is 420. The summed E-state index contributed by atoms with van der Waals surface area (Å²) < 4.78 is 0. The fourth-order valence-electron chi connectivity index (χ4n) is 2.95. The van der Waals surface area contributed by atoms with Crippen LogP contribution in [0.4, 0.5) is 0 Å². The highest BCUT2D eigenvalue weighted by Gasteiger charge is 2.31. The van der Waals surface area contributed by atoms with Crippen molar-refractivity contribution in [2.24, 2.45) is 0 Å². The third-order valence-corrected chi connectivity index (χ3v) is 5.16. The van der Waals surface area contributed by atoms with E-state index < -0.39 is 0 Å². The maximum absolute atomic E-state index is 12.5. The first-order valence-electron chi connectivity index (χ1n) is 7.87. The lowest BCUT2D eigenvalue weighted by Gasteiger charge is -2.26. The summed E-state index contributed by atoms with van der Waals surface area (Å²) in [6.45, 7) is 3.50. The van der Waals surface area contributed by atoms with Gasteiger partial charge in [-0.1, -0.05) is 18.9 Å². The van der Waals surface area contributed by atoms with E-state index in [1.807, 2.05) is 0 Å². The Morgan fingerprint density at radius 2 is 2.00 bits per heavy atom. The molecule has 1 aliphatic carbocycles. The van der Waals surface area contributed by atoms with Gasteiger partial charge in [0, 0.05) is 30.6 Å². The monoisotopic (exact) mass is 292 g/mol. The average Bonchev–Trinajstić information content (AvgIpc) is 3.23. The molecule has 1 aromatic heterocycles. The van der Waals surface area contributed by atoms with Crippen LogP contribution in [-0.4, -0.2) is 41.4 Å². The Labute approximate surface area is 125 Å². The van der Waals surface area contributed by atoms with Crippen molar-refractivity contribution in [3.63, 3.8) is 0 Å². The molecule has 0 bridgehead atoms. The fraction of sp³-hybridized carbons (Fsp3) is 0.688. The van der Waals surface area contributed by atoms with E-state index in [1.165, 1.54) is 43.4 Å². The number of amides is 1. The third kappa shape index (κ3) is 3.83. The van der Waals surface area contributed by atoms with Crippen LogP contribution < -0.4 is 0 Å². The molecule has 4 heteroatoms. The number of hydrogen-bond acceptors (Lipinski definition) is 3. The molecule has 1 saturated carbocycles. The SMILES string of the molecule is O=C(CN(Cc1cccs1)C1CC1)N1CCCCCC1. The Hall–Kier alpha value is -0.870. The fourth-order valence-corrected chi connectivity index (χ4v) is 3.68. The predicted molar refractivity (Wildman–Crippen MR) is 82.8 cm³/mol. The summed E-state index contributed by atoms with van der Waals surface area (Å²) in [7, 11) is 0. The first-order valence-corrected chi connectivity index (χ1v) is 8.75. The molecule has 3 rings (SSSR count). The van der Waals surface area contributed by atoms with Gasteiger partial charge >= 0.3 is 0 Å². The maximum Gasteiger partial charge on any atom is 0.236 e. The number of nitrogens with zero attached hydrogens (tertiary/aromatic N) is 2. The highest BCUT2D eigenvalue weighted by molar-refractivity contribution is 7.09. The van der Waals surface area contributed by atoms with Crippen LogP contribution in [0.3, 0.4) is 0 Å². The number of likely N-dealkylation sites (tertiary alicyclic amines) is 1. The minimum atomic E-state index is 0.343. The summed E-state index contributed by atoms with van der Waals surface area (Å²) in [5, 5.41) is 2.12. The summed E-state index contributed by atoms with van der Waals surface area (Å²) in [6, 6.07) is 4.92. The smallest absolute Gasteiger partial charge is 0.236 e. The van der Waals surface area contributed by atoms with Crippen molar-refractivity contribution in [2.75, 3.05) is 19.6 Å². The second kappa shape index (κ2) is 6.72. The summed E-state index contributed by atoms with van der Waals surface area (Å²) >= 11 is 1.80. The molecule has 2 heterocycles. The van der Waals surface area contributed by atoms with Crippen molar-refractivity contribution < 1.29 is 4.79 Å². The number of thiophene rings is 1. The molecule has 110 valence electrons. The molecule has 20 heavy (non-hydrogen) atoms. The predicted octanol–water partition coefficient (Wildman–Crippen LogP) is 3.12. The molecule has 0 unspecified atom stereocenters. The lowest BCUT2D eigenvalue weighted by atomic mass is 10.2. The van der Waals surface area contributed by atoms with Crippen molar-refractivity contribution >= 4 is 17.2 Å². The van der Waals surface area contributed by atoms with Crippen LogP contribution in [0.25, 0.3) is 0 Å². The van der Waals surface area contributed by atoms with Crippen molar-refractivity contribution in [3.05, 3.63) is 22.4 Å². The van der Waals surface area contributed by atoms with Crippen molar-refractivity contribution in [3.8, 4) is 0 Å². The quantitative estimate of drug-likeness (QED) is 0.832. The number of hydrogen-bond donors (Lipinski definition) is 0. The van der Waals surface area contributed by atoms with Crippen LogP contribution in [0.5, 0.6) is 0 Å². The van der Waals surface area contributed by atoms with E-state index in [0.29, 0.717) is 18.5 Å². The lowest BCUT2D eigenvalue weighted by Crippen LogP contribution is -2.41. The Morgan fingerprint density at radius 1 is 1.25 bits per heavy atom. The van der Waals surface area contributed by atoms with Crippen LogP contribution in [0.15, 0.2) is 17.5 Å². The highest BCUT2D eigenvalue weighted by atomic mass is 32.1. The van der Waals surface area contributed by atoms with Crippen molar-refractivity contribution in [1.82, 2.24) is 9.80 Å². The van der Waals surface area contributed by atoms with Crippen LogP contribution >= 0.6 is 11.3 Å². The molecule has 0 N–H and O–H groups in total. The van der Waals surface area contributed by atoms with E-state index in [2.05, 4.69) is 27.3 Å². The summed E-state index contributed by atoms with van der Waals surface area (Å²) in [5.41, 5.74) is 0. The molecule has 2 fully saturated rings. The molecule has 1 aliphatic heterocycles. The summed E-state index contributed by atoms with van der Waals surface area (Å²) in [6.07, 6.45) is 7.45. The molecule has 1 aromatic rings. The molecule has 1 saturated heterocycles. The van der Waals surface area contributed by atoms with E-state index in [-0.39, 0.29) is 0 Å².